The van der Waals surface area contributed by atoms with Gasteiger partial charge in [-0.25, -0.2) is 0 Å². The molecule has 0 bridgehead atoms. The van der Waals surface area contributed by atoms with Gasteiger partial charge in [-0.1, -0.05) is 26.0 Å². The van der Waals surface area contributed by atoms with Crippen molar-refractivity contribution in [2.75, 3.05) is 0 Å². The Morgan fingerprint density at radius 3 is 2.28 bits per heavy atom. The number of hydrogen-bond donors (Lipinski definition) is 1. The SMILES string of the molecule is CCC(C)Oc1ccc(CNC(C)(C)CC)cc1. The Morgan fingerprint density at radius 1 is 1.17 bits per heavy atom. The van der Waals surface area contributed by atoms with Crippen LogP contribution in [0, 0.1) is 0 Å². The summed E-state index contributed by atoms with van der Waals surface area (Å²) in [5, 5.41) is 3.56. The summed E-state index contributed by atoms with van der Waals surface area (Å²) < 4.78 is 5.76. The van der Waals surface area contributed by atoms with Gasteiger partial charge >= 0.3 is 0 Å². The monoisotopic (exact) mass is 249 g/mol. The van der Waals surface area contributed by atoms with Crippen molar-refractivity contribution in [3.05, 3.63) is 29.8 Å². The van der Waals surface area contributed by atoms with Crippen LogP contribution in [0.1, 0.15) is 53.0 Å². The predicted molar refractivity (Wildman–Crippen MR) is 78.0 cm³/mol. The highest BCUT2D eigenvalue weighted by molar-refractivity contribution is 5.27. The van der Waals surface area contributed by atoms with Crippen LogP contribution < -0.4 is 10.1 Å². The number of benzene rings is 1. The van der Waals surface area contributed by atoms with E-state index in [0.717, 1.165) is 25.1 Å². The van der Waals surface area contributed by atoms with E-state index in [-0.39, 0.29) is 11.6 Å². The highest BCUT2D eigenvalue weighted by Crippen LogP contribution is 2.16. The van der Waals surface area contributed by atoms with Gasteiger partial charge in [0.05, 0.1) is 6.10 Å². The maximum absolute atomic E-state index is 5.76. The van der Waals surface area contributed by atoms with E-state index >= 15 is 0 Å². The summed E-state index contributed by atoms with van der Waals surface area (Å²) in [5.74, 6) is 0.961. The largest absolute Gasteiger partial charge is 0.491 e. The molecule has 102 valence electrons. The summed E-state index contributed by atoms with van der Waals surface area (Å²) >= 11 is 0. The molecule has 1 aromatic carbocycles. The van der Waals surface area contributed by atoms with Crippen LogP contribution in [0.5, 0.6) is 5.75 Å². The van der Waals surface area contributed by atoms with Gasteiger partial charge in [-0.3, -0.25) is 0 Å². The molecule has 0 aromatic heterocycles. The van der Waals surface area contributed by atoms with Gasteiger partial charge in [-0.05, 0) is 51.3 Å². The molecule has 1 unspecified atom stereocenters. The van der Waals surface area contributed by atoms with Crippen LogP contribution >= 0.6 is 0 Å². The minimum absolute atomic E-state index is 0.200. The van der Waals surface area contributed by atoms with Crippen molar-refractivity contribution in [3.8, 4) is 5.75 Å². The van der Waals surface area contributed by atoms with Crippen molar-refractivity contribution in [2.45, 2.75) is 65.6 Å². The topological polar surface area (TPSA) is 21.3 Å². The van der Waals surface area contributed by atoms with Gasteiger partial charge in [0, 0.05) is 12.1 Å². The maximum atomic E-state index is 5.76. The molecule has 1 aromatic rings. The first-order chi connectivity index (χ1) is 8.46. The molecule has 0 radical (unpaired) electrons. The van der Waals surface area contributed by atoms with Gasteiger partial charge in [-0.15, -0.1) is 0 Å². The average molecular weight is 249 g/mol. The Kier molecular flexibility index (Phi) is 5.67. The zero-order valence-electron chi connectivity index (χ0n) is 12.4. The molecule has 0 fully saturated rings. The molecule has 2 heteroatoms. The van der Waals surface area contributed by atoms with E-state index in [9.17, 15) is 0 Å². The van der Waals surface area contributed by atoms with Gasteiger partial charge < -0.3 is 10.1 Å². The first-order valence-corrected chi connectivity index (χ1v) is 6.97. The zero-order chi connectivity index (χ0) is 13.6. The van der Waals surface area contributed by atoms with Crippen molar-refractivity contribution in [1.29, 1.82) is 0 Å². The van der Waals surface area contributed by atoms with E-state index in [0.29, 0.717) is 0 Å². The maximum Gasteiger partial charge on any atom is 0.119 e. The molecule has 0 aliphatic rings. The van der Waals surface area contributed by atoms with E-state index < -0.39 is 0 Å². The zero-order valence-corrected chi connectivity index (χ0v) is 12.4. The average Bonchev–Trinajstić information content (AvgIpc) is 2.38. The minimum Gasteiger partial charge on any atom is -0.491 e. The van der Waals surface area contributed by atoms with Crippen LogP contribution in [0.15, 0.2) is 24.3 Å². The first-order valence-electron chi connectivity index (χ1n) is 6.97. The van der Waals surface area contributed by atoms with Crippen LogP contribution in [-0.2, 0) is 6.54 Å². The second-order valence-electron chi connectivity index (χ2n) is 5.57. The Balaban J connectivity index is 2.50. The Morgan fingerprint density at radius 2 is 1.78 bits per heavy atom. The lowest BCUT2D eigenvalue weighted by Gasteiger charge is -2.24. The van der Waals surface area contributed by atoms with E-state index in [1.807, 2.05) is 0 Å². The summed E-state index contributed by atoms with van der Waals surface area (Å²) in [6.45, 7) is 11.8. The van der Waals surface area contributed by atoms with Crippen LogP contribution in [0.4, 0.5) is 0 Å². The number of ether oxygens (including phenoxy) is 1. The molecular formula is C16H27NO. The lowest BCUT2D eigenvalue weighted by molar-refractivity contribution is 0.217. The summed E-state index contributed by atoms with van der Waals surface area (Å²) in [6, 6.07) is 8.39. The molecule has 0 heterocycles. The first kappa shape index (κ1) is 15.0. The Bertz CT molecular complexity index is 343. The Hall–Kier alpha value is -1.02. The summed E-state index contributed by atoms with van der Waals surface area (Å²) in [4.78, 5) is 0. The van der Waals surface area contributed by atoms with E-state index in [1.54, 1.807) is 0 Å². The fourth-order valence-corrected chi connectivity index (χ4v) is 1.47. The minimum atomic E-state index is 0.200. The van der Waals surface area contributed by atoms with Crippen molar-refractivity contribution in [1.82, 2.24) is 5.32 Å². The van der Waals surface area contributed by atoms with E-state index in [4.69, 9.17) is 4.74 Å². The molecule has 1 rings (SSSR count). The van der Waals surface area contributed by atoms with E-state index in [1.165, 1.54) is 5.56 Å². The van der Waals surface area contributed by atoms with Gasteiger partial charge in [0.25, 0.3) is 0 Å². The molecule has 0 spiro atoms. The summed E-state index contributed by atoms with van der Waals surface area (Å²) in [5.41, 5.74) is 1.50. The standard InChI is InChI=1S/C16H27NO/c1-6-13(3)18-15-10-8-14(9-11-15)12-17-16(4,5)7-2/h8-11,13,17H,6-7,12H2,1-5H3. The second kappa shape index (κ2) is 6.79. The van der Waals surface area contributed by atoms with Crippen LogP contribution in [0.2, 0.25) is 0 Å². The quantitative estimate of drug-likeness (QED) is 0.784. The van der Waals surface area contributed by atoms with Crippen molar-refractivity contribution in [2.24, 2.45) is 0 Å². The van der Waals surface area contributed by atoms with Gasteiger partial charge in [-0.2, -0.15) is 0 Å². The molecule has 1 atom stereocenters. The third-order valence-corrected chi connectivity index (χ3v) is 3.49. The van der Waals surface area contributed by atoms with Gasteiger partial charge in [0.2, 0.25) is 0 Å². The fraction of sp³-hybridized carbons (Fsp3) is 0.625. The molecule has 0 saturated heterocycles. The molecule has 1 N–H and O–H groups in total. The number of hydrogen-bond acceptors (Lipinski definition) is 2. The molecule has 2 nitrogen and oxygen atoms in total. The summed E-state index contributed by atoms with van der Waals surface area (Å²) in [6.07, 6.45) is 2.45. The molecule has 0 aliphatic carbocycles. The van der Waals surface area contributed by atoms with Gasteiger partial charge in [0.1, 0.15) is 5.75 Å². The molecular weight excluding hydrogens is 222 g/mol. The van der Waals surface area contributed by atoms with Crippen molar-refractivity contribution >= 4 is 0 Å². The lowest BCUT2D eigenvalue weighted by Crippen LogP contribution is -2.37. The molecule has 18 heavy (non-hydrogen) atoms. The van der Waals surface area contributed by atoms with E-state index in [2.05, 4.69) is 64.2 Å². The fourth-order valence-electron chi connectivity index (χ4n) is 1.47. The highest BCUT2D eigenvalue weighted by Gasteiger charge is 2.13. The second-order valence-corrected chi connectivity index (χ2v) is 5.57. The number of nitrogens with one attached hydrogen (secondary N) is 1. The van der Waals surface area contributed by atoms with Crippen LogP contribution in [-0.4, -0.2) is 11.6 Å². The van der Waals surface area contributed by atoms with Crippen LogP contribution in [0.3, 0.4) is 0 Å². The third kappa shape index (κ3) is 5.09. The molecule has 0 amide bonds. The van der Waals surface area contributed by atoms with Crippen LogP contribution in [0.25, 0.3) is 0 Å². The van der Waals surface area contributed by atoms with Crippen molar-refractivity contribution < 1.29 is 4.74 Å². The highest BCUT2D eigenvalue weighted by atomic mass is 16.5. The Labute approximate surface area is 112 Å². The smallest absolute Gasteiger partial charge is 0.119 e. The molecule has 0 saturated carbocycles. The third-order valence-electron chi connectivity index (χ3n) is 3.49. The predicted octanol–water partition coefficient (Wildman–Crippen LogP) is 4.14. The lowest BCUT2D eigenvalue weighted by atomic mass is 10.0. The molecule has 0 aliphatic heterocycles. The normalized spacial score (nSPS) is 13.4. The van der Waals surface area contributed by atoms with Gasteiger partial charge in [0.15, 0.2) is 0 Å². The summed E-state index contributed by atoms with van der Waals surface area (Å²) in [7, 11) is 0. The number of rotatable bonds is 7. The van der Waals surface area contributed by atoms with Crippen molar-refractivity contribution in [3.63, 3.8) is 0 Å².